The van der Waals surface area contributed by atoms with E-state index in [1.54, 1.807) is 0 Å². The van der Waals surface area contributed by atoms with E-state index in [9.17, 15) is 0 Å². The quantitative estimate of drug-likeness (QED) is 0.473. The fraction of sp³-hybridized carbons (Fsp3) is 0.800. The van der Waals surface area contributed by atoms with Crippen LogP contribution in [0.5, 0.6) is 0 Å². The van der Waals surface area contributed by atoms with Crippen molar-refractivity contribution in [2.45, 2.75) is 6.42 Å². The van der Waals surface area contributed by atoms with Gasteiger partial charge in [-0.25, -0.2) is 0 Å². The predicted molar refractivity (Wildman–Crippen MR) is 28.9 cm³/mol. The predicted octanol–water partition coefficient (Wildman–Crippen LogP) is 0.271. The largest absolute Gasteiger partial charge is 1.00 e. The molecule has 1 N–H and O–H groups in total. The van der Waals surface area contributed by atoms with Crippen molar-refractivity contribution in [3.8, 4) is 0 Å². The summed E-state index contributed by atoms with van der Waals surface area (Å²) in [6, 6.07) is 0. The van der Waals surface area contributed by atoms with Gasteiger partial charge >= 0.3 is 1.43 Å². The summed E-state index contributed by atoms with van der Waals surface area (Å²) in [6.07, 6.45) is 1.14. The van der Waals surface area contributed by atoms with Crippen LogP contribution in [0.25, 0.3) is 0 Å². The van der Waals surface area contributed by atoms with Crippen LogP contribution in [0.3, 0.4) is 0 Å². The average Bonchev–Trinajstić information content (AvgIpc) is 1.90. The molecule has 0 atom stereocenters. The van der Waals surface area contributed by atoms with Crippen LogP contribution in [0.4, 0.5) is 0 Å². The Morgan fingerprint density at radius 2 is 2.71 bits per heavy atom. The van der Waals surface area contributed by atoms with Gasteiger partial charge in [-0.3, -0.25) is 0 Å². The summed E-state index contributed by atoms with van der Waals surface area (Å²) in [7, 11) is 0. The Balaban J connectivity index is 0.000000490. The first-order chi connectivity index (χ1) is 3.50. The van der Waals surface area contributed by atoms with Crippen LogP contribution >= 0.6 is 0 Å². The summed E-state index contributed by atoms with van der Waals surface area (Å²) < 4.78 is 5.01. The smallest absolute Gasteiger partial charge is 0.374 e. The van der Waals surface area contributed by atoms with E-state index in [1.807, 2.05) is 6.61 Å². The third kappa shape index (κ3) is 1.90. The molecular weight excluding hydrogens is 90.1 g/mol. The van der Waals surface area contributed by atoms with Gasteiger partial charge in [0.05, 0.1) is 6.61 Å². The monoisotopic (exact) mass is 101 g/mol. The van der Waals surface area contributed by atoms with Gasteiger partial charge in [0.1, 0.15) is 0 Å². The molecule has 0 aromatic heterocycles. The van der Waals surface area contributed by atoms with E-state index in [4.69, 9.17) is 4.74 Å². The Bertz CT molecular complexity index is 32.0. The standard InChI is InChI=1S/C5H10NO/c1-2-6-3-5-7-4-1/h5-6H,1-4H2/p+1. The summed E-state index contributed by atoms with van der Waals surface area (Å²) >= 11 is 0. The van der Waals surface area contributed by atoms with Gasteiger partial charge in [0, 0.05) is 13.2 Å². The van der Waals surface area contributed by atoms with E-state index in [0.717, 1.165) is 26.1 Å². The highest BCUT2D eigenvalue weighted by Crippen LogP contribution is 1.88. The van der Waals surface area contributed by atoms with Crippen molar-refractivity contribution in [1.29, 1.82) is 0 Å². The Hall–Kier alpha value is -0.0800. The number of hydrogen-bond acceptors (Lipinski definition) is 2. The lowest BCUT2D eigenvalue weighted by atomic mass is 10.5. The summed E-state index contributed by atoms with van der Waals surface area (Å²) in [5.41, 5.74) is 0. The Labute approximate surface area is 45.3 Å². The van der Waals surface area contributed by atoms with Crippen molar-refractivity contribution in [3.05, 3.63) is 6.61 Å². The minimum Gasteiger partial charge on any atom is -0.374 e. The van der Waals surface area contributed by atoms with Crippen LogP contribution in [-0.4, -0.2) is 19.7 Å². The summed E-state index contributed by atoms with van der Waals surface area (Å²) in [4.78, 5) is 0. The van der Waals surface area contributed by atoms with Crippen molar-refractivity contribution in [2.75, 3.05) is 19.7 Å². The topological polar surface area (TPSA) is 21.3 Å². The Morgan fingerprint density at radius 1 is 1.71 bits per heavy atom. The molecule has 0 aromatic rings. The van der Waals surface area contributed by atoms with E-state index >= 15 is 0 Å². The van der Waals surface area contributed by atoms with Gasteiger partial charge in [-0.05, 0) is 13.0 Å². The fourth-order valence-electron chi connectivity index (χ4n) is 0.584. The number of rotatable bonds is 0. The van der Waals surface area contributed by atoms with E-state index in [-0.39, 0.29) is 1.43 Å². The molecule has 0 amide bonds. The SMILES string of the molecule is [CH]1CNCCCO1.[H+]. The normalized spacial score (nSPS) is 24.0. The van der Waals surface area contributed by atoms with Crippen LogP contribution in [0.2, 0.25) is 0 Å². The number of nitrogens with one attached hydrogen (secondary N) is 1. The summed E-state index contributed by atoms with van der Waals surface area (Å²) in [6.45, 7) is 4.69. The van der Waals surface area contributed by atoms with Gasteiger partial charge < -0.3 is 10.1 Å². The molecule has 0 bridgehead atoms. The third-order valence-electron chi connectivity index (χ3n) is 0.961. The molecule has 1 rings (SSSR count). The lowest BCUT2D eigenvalue weighted by molar-refractivity contribution is 0.209. The summed E-state index contributed by atoms with van der Waals surface area (Å²) in [5.74, 6) is 0. The van der Waals surface area contributed by atoms with Crippen molar-refractivity contribution in [1.82, 2.24) is 5.32 Å². The van der Waals surface area contributed by atoms with Crippen LogP contribution in [0.1, 0.15) is 7.85 Å². The molecule has 1 aliphatic rings. The number of ether oxygens (including phenoxy) is 1. The van der Waals surface area contributed by atoms with E-state index in [1.165, 1.54) is 0 Å². The van der Waals surface area contributed by atoms with Gasteiger partial charge in [-0.2, -0.15) is 0 Å². The van der Waals surface area contributed by atoms with Gasteiger partial charge in [-0.1, -0.05) is 0 Å². The molecule has 0 spiro atoms. The first kappa shape index (κ1) is 5.06. The molecule has 1 saturated heterocycles. The molecule has 0 aliphatic carbocycles. The Morgan fingerprint density at radius 3 is 3.71 bits per heavy atom. The molecule has 0 unspecified atom stereocenters. The highest BCUT2D eigenvalue weighted by molar-refractivity contribution is 4.59. The van der Waals surface area contributed by atoms with Crippen LogP contribution < -0.4 is 5.32 Å². The minimum absolute atomic E-state index is 0. The maximum absolute atomic E-state index is 5.01. The van der Waals surface area contributed by atoms with Gasteiger partial charge in [-0.15, -0.1) is 0 Å². The molecule has 2 heteroatoms. The zero-order valence-corrected chi connectivity index (χ0v) is 4.31. The van der Waals surface area contributed by atoms with E-state index < -0.39 is 0 Å². The second kappa shape index (κ2) is 2.99. The van der Waals surface area contributed by atoms with Gasteiger partial charge in [0.2, 0.25) is 0 Å². The zero-order chi connectivity index (χ0) is 4.95. The molecule has 7 heavy (non-hydrogen) atoms. The zero-order valence-electron chi connectivity index (χ0n) is 5.31. The number of hydrogen-bond donors (Lipinski definition) is 1. The van der Waals surface area contributed by atoms with Crippen LogP contribution in [0, 0.1) is 6.61 Å². The second-order valence-electron chi connectivity index (χ2n) is 1.60. The lowest BCUT2D eigenvalue weighted by Gasteiger charge is -1.90. The first-order valence-electron chi connectivity index (χ1n) is 2.64. The molecular formula is C5H11NO+. The maximum atomic E-state index is 5.01. The van der Waals surface area contributed by atoms with E-state index in [2.05, 4.69) is 5.32 Å². The maximum Gasteiger partial charge on any atom is 1.00 e. The molecule has 1 heterocycles. The average molecular weight is 101 g/mol. The highest BCUT2D eigenvalue weighted by Gasteiger charge is 1.94. The molecule has 41 valence electrons. The lowest BCUT2D eigenvalue weighted by Crippen LogP contribution is -2.13. The van der Waals surface area contributed by atoms with Crippen molar-refractivity contribution >= 4 is 0 Å². The van der Waals surface area contributed by atoms with Crippen molar-refractivity contribution in [2.24, 2.45) is 0 Å². The third-order valence-corrected chi connectivity index (χ3v) is 0.961. The van der Waals surface area contributed by atoms with Crippen LogP contribution in [0.15, 0.2) is 0 Å². The van der Waals surface area contributed by atoms with Gasteiger partial charge in [0.25, 0.3) is 0 Å². The summed E-state index contributed by atoms with van der Waals surface area (Å²) in [5, 5.41) is 3.17. The van der Waals surface area contributed by atoms with E-state index in [0.29, 0.717) is 0 Å². The molecule has 0 aromatic carbocycles. The molecule has 1 fully saturated rings. The van der Waals surface area contributed by atoms with Crippen molar-refractivity contribution in [3.63, 3.8) is 0 Å². The molecule has 1 aliphatic heterocycles. The minimum atomic E-state index is 0. The Kier molecular flexibility index (Phi) is 2.17. The molecule has 1 radical (unpaired) electrons. The fourth-order valence-corrected chi connectivity index (χ4v) is 0.584. The molecule has 0 saturated carbocycles. The second-order valence-corrected chi connectivity index (χ2v) is 1.60. The first-order valence-corrected chi connectivity index (χ1v) is 2.64. The van der Waals surface area contributed by atoms with Crippen LogP contribution in [-0.2, 0) is 4.74 Å². The highest BCUT2D eigenvalue weighted by atomic mass is 16.5. The van der Waals surface area contributed by atoms with Crippen molar-refractivity contribution < 1.29 is 6.16 Å². The van der Waals surface area contributed by atoms with Gasteiger partial charge in [0.15, 0.2) is 0 Å². The molecule has 2 nitrogen and oxygen atoms in total.